The number of aromatic nitrogens is 1. The molecule has 0 spiro atoms. The summed E-state index contributed by atoms with van der Waals surface area (Å²) in [4.78, 5) is 17.8. The summed E-state index contributed by atoms with van der Waals surface area (Å²) in [7, 11) is 0. The van der Waals surface area contributed by atoms with Gasteiger partial charge in [0.15, 0.2) is 0 Å². The predicted octanol–water partition coefficient (Wildman–Crippen LogP) is 2.02. The molecule has 2 heterocycles. The minimum atomic E-state index is 0.0424. The molecule has 0 aliphatic carbocycles. The average molecular weight is 233 g/mol. The van der Waals surface area contributed by atoms with Gasteiger partial charge in [-0.2, -0.15) is 0 Å². The largest absolute Gasteiger partial charge is 0.334 e. The Morgan fingerprint density at radius 1 is 1.53 bits per heavy atom. The molecule has 1 saturated heterocycles. The van der Waals surface area contributed by atoms with E-state index >= 15 is 0 Å². The summed E-state index contributed by atoms with van der Waals surface area (Å²) in [6.07, 6.45) is 5.73. The third-order valence-electron chi connectivity index (χ3n) is 3.24. The lowest BCUT2D eigenvalue weighted by Crippen LogP contribution is -2.43. The topological polar surface area (TPSA) is 45.2 Å². The van der Waals surface area contributed by atoms with Gasteiger partial charge in [0.05, 0.1) is 0 Å². The van der Waals surface area contributed by atoms with Crippen LogP contribution in [0.15, 0.2) is 24.5 Å². The predicted molar refractivity (Wildman–Crippen MR) is 66.4 cm³/mol. The van der Waals surface area contributed by atoms with Gasteiger partial charge in [0.1, 0.15) is 0 Å². The van der Waals surface area contributed by atoms with Crippen molar-refractivity contribution >= 4 is 6.03 Å². The van der Waals surface area contributed by atoms with Crippen LogP contribution in [0.4, 0.5) is 4.79 Å². The molecule has 2 rings (SSSR count). The Kier molecular flexibility index (Phi) is 3.96. The van der Waals surface area contributed by atoms with Crippen molar-refractivity contribution < 1.29 is 4.79 Å². The molecule has 1 fully saturated rings. The number of nitrogens with one attached hydrogen (secondary N) is 1. The highest BCUT2D eigenvalue weighted by Gasteiger charge is 2.19. The first kappa shape index (κ1) is 11.9. The third-order valence-corrected chi connectivity index (χ3v) is 3.24. The molecular weight excluding hydrogens is 214 g/mol. The smallest absolute Gasteiger partial charge is 0.317 e. The molecule has 2 amide bonds. The number of likely N-dealkylation sites (tertiary alicyclic amines) is 1. The first-order chi connectivity index (χ1) is 8.25. The summed E-state index contributed by atoms with van der Waals surface area (Å²) in [5.41, 5.74) is 1.03. The number of amides is 2. The van der Waals surface area contributed by atoms with Crippen LogP contribution in [0.25, 0.3) is 0 Å². The summed E-state index contributed by atoms with van der Waals surface area (Å²) >= 11 is 0. The van der Waals surface area contributed by atoms with Crippen LogP contribution in [-0.2, 0) is 6.54 Å². The highest BCUT2D eigenvalue weighted by Crippen LogP contribution is 2.15. The molecule has 0 bridgehead atoms. The van der Waals surface area contributed by atoms with Crippen molar-refractivity contribution in [3.63, 3.8) is 0 Å². The monoisotopic (exact) mass is 233 g/mol. The van der Waals surface area contributed by atoms with Gasteiger partial charge in [0.2, 0.25) is 0 Å². The Bertz CT molecular complexity index is 358. The zero-order valence-electron chi connectivity index (χ0n) is 10.2. The van der Waals surface area contributed by atoms with E-state index in [1.54, 1.807) is 12.4 Å². The molecule has 1 aromatic heterocycles. The highest BCUT2D eigenvalue weighted by atomic mass is 16.2. The number of nitrogens with zero attached hydrogens (tertiary/aromatic N) is 2. The summed E-state index contributed by atoms with van der Waals surface area (Å²) in [5, 5.41) is 2.93. The molecule has 0 radical (unpaired) electrons. The fourth-order valence-electron chi connectivity index (χ4n) is 2.00. The molecule has 1 aliphatic heterocycles. The normalized spacial score (nSPS) is 16.9. The van der Waals surface area contributed by atoms with Gasteiger partial charge in [-0.1, -0.05) is 13.0 Å². The summed E-state index contributed by atoms with van der Waals surface area (Å²) < 4.78 is 0. The number of hydrogen-bond acceptors (Lipinski definition) is 2. The van der Waals surface area contributed by atoms with E-state index in [1.807, 2.05) is 17.0 Å². The van der Waals surface area contributed by atoms with Crippen LogP contribution in [0.1, 0.15) is 25.3 Å². The van der Waals surface area contributed by atoms with E-state index in [1.165, 1.54) is 0 Å². The quantitative estimate of drug-likeness (QED) is 0.849. The molecule has 0 atom stereocenters. The van der Waals surface area contributed by atoms with Crippen molar-refractivity contribution in [1.29, 1.82) is 0 Å². The first-order valence-electron chi connectivity index (χ1n) is 6.17. The Balaban J connectivity index is 1.78. The van der Waals surface area contributed by atoms with Crippen LogP contribution in [0.3, 0.4) is 0 Å². The van der Waals surface area contributed by atoms with E-state index in [4.69, 9.17) is 0 Å². The van der Waals surface area contributed by atoms with Crippen molar-refractivity contribution in [2.24, 2.45) is 5.92 Å². The van der Waals surface area contributed by atoms with E-state index in [-0.39, 0.29) is 6.03 Å². The average Bonchev–Trinajstić information content (AvgIpc) is 2.38. The van der Waals surface area contributed by atoms with Crippen LogP contribution in [0.2, 0.25) is 0 Å². The van der Waals surface area contributed by atoms with Gasteiger partial charge in [-0.3, -0.25) is 4.98 Å². The lowest BCUT2D eigenvalue weighted by molar-refractivity contribution is 0.173. The van der Waals surface area contributed by atoms with E-state index in [2.05, 4.69) is 17.2 Å². The fourth-order valence-corrected chi connectivity index (χ4v) is 2.00. The minimum absolute atomic E-state index is 0.0424. The van der Waals surface area contributed by atoms with Crippen molar-refractivity contribution in [3.8, 4) is 0 Å². The molecule has 1 aliphatic rings. The zero-order chi connectivity index (χ0) is 12.1. The van der Waals surface area contributed by atoms with Crippen molar-refractivity contribution in [2.75, 3.05) is 13.1 Å². The SMILES string of the molecule is CC1CCN(C(=O)NCc2cccnc2)CC1. The molecule has 0 saturated carbocycles. The summed E-state index contributed by atoms with van der Waals surface area (Å²) in [6, 6.07) is 3.89. The van der Waals surface area contributed by atoms with Gasteiger partial charge >= 0.3 is 6.03 Å². The van der Waals surface area contributed by atoms with Crippen LogP contribution in [0, 0.1) is 5.92 Å². The van der Waals surface area contributed by atoms with Gasteiger partial charge in [0.25, 0.3) is 0 Å². The number of hydrogen-bond donors (Lipinski definition) is 1. The van der Waals surface area contributed by atoms with Crippen molar-refractivity contribution in [2.45, 2.75) is 26.3 Å². The van der Waals surface area contributed by atoms with Crippen LogP contribution in [0.5, 0.6) is 0 Å². The Morgan fingerprint density at radius 3 is 2.94 bits per heavy atom. The van der Waals surface area contributed by atoms with E-state index < -0.39 is 0 Å². The first-order valence-corrected chi connectivity index (χ1v) is 6.17. The Labute approximate surface area is 102 Å². The number of urea groups is 1. The lowest BCUT2D eigenvalue weighted by atomic mass is 10.00. The van der Waals surface area contributed by atoms with E-state index in [9.17, 15) is 4.79 Å². The van der Waals surface area contributed by atoms with Crippen molar-refractivity contribution in [3.05, 3.63) is 30.1 Å². The Morgan fingerprint density at radius 2 is 2.29 bits per heavy atom. The second kappa shape index (κ2) is 5.66. The standard InChI is InChI=1S/C13H19N3O/c1-11-4-7-16(8-5-11)13(17)15-10-12-3-2-6-14-9-12/h2-3,6,9,11H,4-5,7-8,10H2,1H3,(H,15,17). The molecule has 1 aromatic rings. The lowest BCUT2D eigenvalue weighted by Gasteiger charge is -2.30. The number of carbonyl (C=O) groups excluding carboxylic acids is 1. The maximum Gasteiger partial charge on any atom is 0.317 e. The van der Waals surface area contributed by atoms with Gasteiger partial charge < -0.3 is 10.2 Å². The van der Waals surface area contributed by atoms with Crippen LogP contribution in [-0.4, -0.2) is 29.0 Å². The highest BCUT2D eigenvalue weighted by molar-refractivity contribution is 5.74. The molecule has 4 nitrogen and oxygen atoms in total. The van der Waals surface area contributed by atoms with Gasteiger partial charge in [0, 0.05) is 32.0 Å². The molecule has 92 valence electrons. The number of piperidine rings is 1. The minimum Gasteiger partial charge on any atom is -0.334 e. The van der Waals surface area contributed by atoms with Crippen LogP contribution < -0.4 is 5.32 Å². The van der Waals surface area contributed by atoms with Gasteiger partial charge in [-0.25, -0.2) is 4.79 Å². The van der Waals surface area contributed by atoms with Gasteiger partial charge in [-0.05, 0) is 30.4 Å². The second-order valence-electron chi connectivity index (χ2n) is 4.69. The number of rotatable bonds is 2. The molecule has 0 unspecified atom stereocenters. The maximum absolute atomic E-state index is 11.9. The fraction of sp³-hybridized carbons (Fsp3) is 0.538. The summed E-state index contributed by atoms with van der Waals surface area (Å²) in [6.45, 7) is 4.55. The second-order valence-corrected chi connectivity index (χ2v) is 4.69. The summed E-state index contributed by atoms with van der Waals surface area (Å²) in [5.74, 6) is 0.748. The molecule has 1 N–H and O–H groups in total. The van der Waals surface area contributed by atoms with E-state index in [0.717, 1.165) is 37.4 Å². The van der Waals surface area contributed by atoms with Crippen molar-refractivity contribution in [1.82, 2.24) is 15.2 Å². The van der Waals surface area contributed by atoms with E-state index in [0.29, 0.717) is 6.54 Å². The third kappa shape index (κ3) is 3.44. The molecule has 17 heavy (non-hydrogen) atoms. The number of pyridine rings is 1. The maximum atomic E-state index is 11.9. The van der Waals surface area contributed by atoms with Crippen LogP contribution >= 0.6 is 0 Å². The Hall–Kier alpha value is -1.58. The molecule has 4 heteroatoms. The number of carbonyl (C=O) groups is 1. The zero-order valence-corrected chi connectivity index (χ0v) is 10.2. The van der Waals surface area contributed by atoms with Gasteiger partial charge in [-0.15, -0.1) is 0 Å². The molecular formula is C13H19N3O. The molecule has 0 aromatic carbocycles.